The van der Waals surface area contributed by atoms with Gasteiger partial charge < -0.3 is 19.9 Å². The van der Waals surface area contributed by atoms with Crippen LogP contribution < -0.4 is 5.32 Å². The summed E-state index contributed by atoms with van der Waals surface area (Å²) in [7, 11) is 0. The molecular formula is C37H53N3O8S. The van der Waals surface area contributed by atoms with E-state index in [-0.39, 0.29) is 60.0 Å². The molecule has 2 saturated heterocycles. The lowest BCUT2D eigenvalue weighted by Crippen LogP contribution is -2.48. The highest BCUT2D eigenvalue weighted by Gasteiger charge is 2.52. The number of esters is 1. The minimum Gasteiger partial charge on any atom is -0.461 e. The van der Waals surface area contributed by atoms with Crippen molar-refractivity contribution in [3.05, 3.63) is 33.8 Å². The number of ether oxygens (including phenoxy) is 2. The van der Waals surface area contributed by atoms with Crippen LogP contribution in [0.1, 0.15) is 110 Å². The maximum absolute atomic E-state index is 14.0. The molecule has 3 aliphatic heterocycles. The number of nitrogens with zero attached hydrogens (tertiary/aromatic N) is 2. The number of aliphatic hydroxyl groups excluding tert-OH is 1. The summed E-state index contributed by atoms with van der Waals surface area (Å²) in [6, 6.07) is -0.330. The van der Waals surface area contributed by atoms with Crippen molar-refractivity contribution in [1.82, 2.24) is 15.2 Å². The molecule has 0 aliphatic carbocycles. The number of carbonyl (C=O) groups is 5. The number of aryl methyl sites for hydroxylation is 1. The summed E-state index contributed by atoms with van der Waals surface area (Å²) in [6.45, 7) is 13.3. The predicted molar refractivity (Wildman–Crippen MR) is 186 cm³/mol. The van der Waals surface area contributed by atoms with Gasteiger partial charge in [-0.1, -0.05) is 40.5 Å². The van der Waals surface area contributed by atoms with Crippen molar-refractivity contribution >= 4 is 46.9 Å². The topological polar surface area (TPSA) is 156 Å². The fourth-order valence-electron chi connectivity index (χ4n) is 6.97. The average Bonchev–Trinajstić information content (AvgIpc) is 3.28. The van der Waals surface area contributed by atoms with Crippen molar-refractivity contribution in [1.29, 1.82) is 0 Å². The SMILES string of the molecule is C/C(=C\c1csc(C)n1)[C@@H]1C[C@@H]2O[C@]2(C)CCC[C@H](C)[C@H](OC(=O)CCCCCN2C(=O)C=CC2=O)[C@@H](C)C(=O)C(C)(C)[C@@H](O)CC(=O)N1. The minimum absolute atomic E-state index is 0.0602. The predicted octanol–water partition coefficient (Wildman–Crippen LogP) is 5.09. The number of rotatable bonds is 9. The minimum atomic E-state index is -1.28. The van der Waals surface area contributed by atoms with Crippen LogP contribution in [0.15, 0.2) is 23.1 Å². The van der Waals surface area contributed by atoms with Gasteiger partial charge in [0, 0.05) is 36.9 Å². The van der Waals surface area contributed by atoms with Crippen molar-refractivity contribution in [2.75, 3.05) is 6.54 Å². The second kappa shape index (κ2) is 16.2. The second-order valence-corrected chi connectivity index (χ2v) is 15.9. The summed E-state index contributed by atoms with van der Waals surface area (Å²) in [5.41, 5.74) is 0.126. The number of hydrogen-bond acceptors (Lipinski definition) is 10. The lowest BCUT2D eigenvalue weighted by Gasteiger charge is -2.36. The Morgan fingerprint density at radius 2 is 1.84 bits per heavy atom. The number of ketones is 1. The van der Waals surface area contributed by atoms with Gasteiger partial charge in [0.25, 0.3) is 11.8 Å². The molecule has 49 heavy (non-hydrogen) atoms. The first-order chi connectivity index (χ1) is 23.0. The number of unbranched alkanes of at least 4 members (excludes halogenated alkanes) is 2. The number of thiazole rings is 1. The van der Waals surface area contributed by atoms with E-state index in [1.54, 1.807) is 32.1 Å². The van der Waals surface area contributed by atoms with Crippen molar-refractivity contribution in [3.8, 4) is 0 Å². The van der Waals surface area contributed by atoms with Crippen LogP contribution in [0, 0.1) is 24.2 Å². The maximum Gasteiger partial charge on any atom is 0.306 e. The molecule has 2 N–H and O–H groups in total. The molecule has 12 heteroatoms. The second-order valence-electron chi connectivity index (χ2n) is 14.8. The summed E-state index contributed by atoms with van der Waals surface area (Å²) < 4.78 is 12.2. The van der Waals surface area contributed by atoms with E-state index in [1.807, 2.05) is 32.2 Å². The Balaban J connectivity index is 1.43. The Labute approximate surface area is 293 Å². The molecule has 270 valence electrons. The van der Waals surface area contributed by atoms with E-state index in [9.17, 15) is 29.1 Å². The molecule has 4 rings (SSSR count). The van der Waals surface area contributed by atoms with Gasteiger partial charge in [-0.15, -0.1) is 11.3 Å². The first kappa shape index (κ1) is 38.6. The molecule has 0 unspecified atom stereocenters. The third kappa shape index (κ3) is 9.94. The summed E-state index contributed by atoms with van der Waals surface area (Å²) in [5.74, 6) is -2.57. The molecule has 3 amide bonds. The van der Waals surface area contributed by atoms with Crippen LogP contribution in [0.2, 0.25) is 0 Å². The lowest BCUT2D eigenvalue weighted by atomic mass is 9.72. The van der Waals surface area contributed by atoms with Crippen LogP contribution in [-0.2, 0) is 33.4 Å². The van der Waals surface area contributed by atoms with Gasteiger partial charge in [0.2, 0.25) is 5.91 Å². The fourth-order valence-corrected chi connectivity index (χ4v) is 7.54. The maximum atomic E-state index is 14.0. The molecular weight excluding hydrogens is 646 g/mol. The third-order valence-corrected chi connectivity index (χ3v) is 11.3. The van der Waals surface area contributed by atoms with E-state index in [0.29, 0.717) is 38.6 Å². The first-order valence-electron chi connectivity index (χ1n) is 17.5. The molecule has 4 heterocycles. The number of imide groups is 1. The number of aromatic nitrogens is 1. The van der Waals surface area contributed by atoms with Crippen molar-refractivity contribution in [2.24, 2.45) is 17.3 Å². The Morgan fingerprint density at radius 3 is 2.49 bits per heavy atom. The smallest absolute Gasteiger partial charge is 0.306 e. The molecule has 2 fully saturated rings. The molecule has 0 bridgehead atoms. The highest BCUT2D eigenvalue weighted by molar-refractivity contribution is 7.09. The van der Waals surface area contributed by atoms with Gasteiger partial charge in [-0.3, -0.25) is 28.9 Å². The number of Topliss-reactive ketones (excluding diaryl/α,β-unsaturated/α-hetero) is 1. The number of aliphatic hydroxyl groups is 1. The van der Waals surface area contributed by atoms with E-state index in [4.69, 9.17) is 9.47 Å². The molecule has 1 aromatic rings. The van der Waals surface area contributed by atoms with Crippen LogP contribution >= 0.6 is 11.3 Å². The zero-order chi connectivity index (χ0) is 36.1. The van der Waals surface area contributed by atoms with Gasteiger partial charge >= 0.3 is 5.97 Å². The highest BCUT2D eigenvalue weighted by Crippen LogP contribution is 2.44. The van der Waals surface area contributed by atoms with Gasteiger partial charge in [-0.2, -0.15) is 0 Å². The van der Waals surface area contributed by atoms with E-state index >= 15 is 0 Å². The quantitative estimate of drug-likeness (QED) is 0.155. The zero-order valence-electron chi connectivity index (χ0n) is 30.0. The van der Waals surface area contributed by atoms with Crippen LogP contribution in [-0.4, -0.2) is 81.0 Å². The monoisotopic (exact) mass is 699 g/mol. The van der Waals surface area contributed by atoms with Gasteiger partial charge in [0.15, 0.2) is 0 Å². The van der Waals surface area contributed by atoms with Crippen molar-refractivity contribution < 1.29 is 38.6 Å². The van der Waals surface area contributed by atoms with Gasteiger partial charge in [-0.25, -0.2) is 4.98 Å². The van der Waals surface area contributed by atoms with E-state index < -0.39 is 29.5 Å². The summed E-state index contributed by atoms with van der Waals surface area (Å²) >= 11 is 1.56. The molecule has 1 aromatic heterocycles. The lowest BCUT2D eigenvalue weighted by molar-refractivity contribution is -0.160. The average molecular weight is 700 g/mol. The van der Waals surface area contributed by atoms with E-state index in [0.717, 1.165) is 29.1 Å². The zero-order valence-corrected chi connectivity index (χ0v) is 30.8. The van der Waals surface area contributed by atoms with Crippen LogP contribution in [0.4, 0.5) is 0 Å². The fraction of sp³-hybridized carbons (Fsp3) is 0.676. The van der Waals surface area contributed by atoms with Crippen molar-refractivity contribution in [2.45, 2.75) is 136 Å². The number of fused-ring (bicyclic) bond motifs is 1. The van der Waals surface area contributed by atoms with E-state index in [1.165, 1.54) is 17.1 Å². The summed E-state index contributed by atoms with van der Waals surface area (Å²) in [4.78, 5) is 69.7. The molecule has 0 radical (unpaired) electrons. The molecule has 0 aromatic carbocycles. The Hall–Kier alpha value is -3.22. The van der Waals surface area contributed by atoms with Crippen LogP contribution in [0.25, 0.3) is 6.08 Å². The number of hydrogen-bond donors (Lipinski definition) is 2. The molecule has 7 atom stereocenters. The summed E-state index contributed by atoms with van der Waals surface area (Å²) in [6.07, 6.45) is 6.88. The van der Waals surface area contributed by atoms with Gasteiger partial charge in [0.1, 0.15) is 11.9 Å². The molecule has 3 aliphatic rings. The first-order valence-corrected chi connectivity index (χ1v) is 18.4. The van der Waals surface area contributed by atoms with Crippen molar-refractivity contribution in [3.63, 3.8) is 0 Å². The number of amides is 3. The third-order valence-electron chi connectivity index (χ3n) is 10.5. The van der Waals surface area contributed by atoms with Crippen LogP contribution in [0.5, 0.6) is 0 Å². The molecule has 11 nitrogen and oxygen atoms in total. The molecule has 0 spiro atoms. The normalized spacial score (nSPS) is 31.4. The van der Waals surface area contributed by atoms with E-state index in [2.05, 4.69) is 17.2 Å². The Kier molecular flexibility index (Phi) is 12.8. The molecule has 0 saturated carbocycles. The van der Waals surface area contributed by atoms with Crippen LogP contribution in [0.3, 0.4) is 0 Å². The number of epoxide rings is 1. The Morgan fingerprint density at radius 1 is 1.14 bits per heavy atom. The standard InChI is InChI=1S/C37H53N3O8S/c1-22-12-11-16-37(7)29(48-37)19-27(23(2)18-26-21-49-25(4)38-26)39-30(42)20-28(41)36(5,6)35(46)24(3)34(22)47-33(45)13-9-8-10-17-40-31(43)14-15-32(40)44/h14-15,18,21-22,24,27-29,34,41H,8-13,16-17,19-20H2,1-7H3,(H,39,42)/b23-18+/t22-,24+,27-,28-,29-,34-,37+/m0/s1. The van der Waals surface area contributed by atoms with Gasteiger partial charge in [0.05, 0.1) is 52.3 Å². The number of carbonyl (C=O) groups excluding carboxylic acids is 5. The number of nitrogens with one attached hydrogen (secondary N) is 1. The Bertz CT molecular complexity index is 1450. The summed E-state index contributed by atoms with van der Waals surface area (Å²) in [5, 5.41) is 17.3. The highest BCUT2D eigenvalue weighted by atomic mass is 32.1. The van der Waals surface area contributed by atoms with Gasteiger partial charge in [-0.05, 0) is 64.0 Å². The largest absolute Gasteiger partial charge is 0.461 e.